The van der Waals surface area contributed by atoms with E-state index in [9.17, 15) is 18.3 Å². The number of methoxy groups -OCH3 is 2. The van der Waals surface area contributed by atoms with Gasteiger partial charge in [-0.15, -0.1) is 0 Å². The molecule has 0 unspecified atom stereocenters. The Morgan fingerprint density at radius 3 is 2.12 bits per heavy atom. The molecule has 0 aliphatic carbocycles. The summed E-state index contributed by atoms with van der Waals surface area (Å²) in [5, 5.41) is 11.4. The van der Waals surface area contributed by atoms with Crippen LogP contribution in [0.15, 0.2) is 71.7 Å². The number of H-pyrrole nitrogens is 1. The summed E-state index contributed by atoms with van der Waals surface area (Å²) in [4.78, 5) is 7.51. The first kappa shape index (κ1) is 21.3. The van der Waals surface area contributed by atoms with Crippen LogP contribution in [0.25, 0.3) is 10.9 Å². The molecule has 0 atom stereocenters. The molecule has 164 valence electrons. The Labute approximate surface area is 181 Å². The van der Waals surface area contributed by atoms with Gasteiger partial charge in [-0.3, -0.25) is 0 Å². The highest BCUT2D eigenvalue weighted by Gasteiger charge is 2.30. The number of ether oxygens (including phenoxy) is 2. The number of nitrogens with zero attached hydrogens (tertiary/aromatic N) is 1. The minimum Gasteiger partial charge on any atom is -0.494 e. The number of rotatable bonds is 5. The molecule has 1 heterocycles. The van der Waals surface area contributed by atoms with Gasteiger partial charge < -0.3 is 19.6 Å². The van der Waals surface area contributed by atoms with E-state index in [4.69, 9.17) is 9.47 Å². The second kappa shape index (κ2) is 8.30. The Morgan fingerprint density at radius 2 is 1.53 bits per heavy atom. The fourth-order valence-electron chi connectivity index (χ4n) is 3.46. The van der Waals surface area contributed by atoms with E-state index in [0.717, 1.165) is 12.1 Å². The zero-order chi connectivity index (χ0) is 22.9. The number of aromatic nitrogens is 1. The van der Waals surface area contributed by atoms with Crippen LogP contribution < -0.4 is 9.47 Å². The number of aromatic hydroxyl groups is 1. The number of halogens is 3. The second-order valence-electron chi connectivity index (χ2n) is 6.97. The number of hydrogen-bond acceptors (Lipinski definition) is 4. The molecule has 0 amide bonds. The highest BCUT2D eigenvalue weighted by Crippen LogP contribution is 2.38. The van der Waals surface area contributed by atoms with Crippen molar-refractivity contribution in [3.63, 3.8) is 0 Å². The van der Waals surface area contributed by atoms with Gasteiger partial charge in [0.1, 0.15) is 0 Å². The van der Waals surface area contributed by atoms with Crippen LogP contribution in [-0.2, 0) is 6.18 Å². The van der Waals surface area contributed by atoms with Crippen LogP contribution in [0.4, 0.5) is 18.9 Å². The molecule has 0 fully saturated rings. The maximum absolute atomic E-state index is 12.9. The van der Waals surface area contributed by atoms with E-state index in [0.29, 0.717) is 44.9 Å². The molecule has 0 bridgehead atoms. The first-order chi connectivity index (χ1) is 15.3. The summed E-state index contributed by atoms with van der Waals surface area (Å²) in [6.45, 7) is 0. The van der Waals surface area contributed by atoms with Crippen molar-refractivity contribution in [2.75, 3.05) is 14.2 Å². The molecule has 2 N–H and O–H groups in total. The summed E-state index contributed by atoms with van der Waals surface area (Å²) in [5.41, 5.74) is 1.61. The van der Waals surface area contributed by atoms with Gasteiger partial charge in [0.2, 0.25) is 0 Å². The molecule has 3 aromatic carbocycles. The average molecular weight is 440 g/mol. The van der Waals surface area contributed by atoms with E-state index in [-0.39, 0.29) is 5.88 Å². The Hall–Kier alpha value is -3.94. The summed E-state index contributed by atoms with van der Waals surface area (Å²) in [7, 11) is 3.01. The molecule has 0 aliphatic heterocycles. The Balaban J connectivity index is 1.93. The highest BCUT2D eigenvalue weighted by molar-refractivity contribution is 6.22. The minimum atomic E-state index is -4.44. The molecular formula is C24H19F3N2O3. The number of aliphatic imine (C=N–C) groups is 1. The van der Waals surface area contributed by atoms with E-state index in [1.807, 2.05) is 30.3 Å². The van der Waals surface area contributed by atoms with Crippen LogP contribution in [0.3, 0.4) is 0 Å². The largest absolute Gasteiger partial charge is 0.494 e. The maximum Gasteiger partial charge on any atom is 0.416 e. The van der Waals surface area contributed by atoms with E-state index >= 15 is 0 Å². The van der Waals surface area contributed by atoms with Crippen LogP contribution in [0.2, 0.25) is 0 Å². The van der Waals surface area contributed by atoms with Crippen molar-refractivity contribution in [2.45, 2.75) is 6.18 Å². The quantitative estimate of drug-likeness (QED) is 0.370. The van der Waals surface area contributed by atoms with Gasteiger partial charge in [-0.1, -0.05) is 30.3 Å². The van der Waals surface area contributed by atoms with Gasteiger partial charge in [0, 0.05) is 17.0 Å². The molecular weight excluding hydrogens is 421 g/mol. The van der Waals surface area contributed by atoms with Crippen molar-refractivity contribution in [3.8, 4) is 17.4 Å². The van der Waals surface area contributed by atoms with Gasteiger partial charge in [0.25, 0.3) is 0 Å². The molecule has 4 rings (SSSR count). The molecule has 8 heteroatoms. The molecule has 0 radical (unpaired) electrons. The number of aromatic amines is 1. The molecule has 0 saturated heterocycles. The normalized spacial score (nSPS) is 12.2. The van der Waals surface area contributed by atoms with Gasteiger partial charge in [-0.25, -0.2) is 4.99 Å². The number of hydrogen-bond donors (Lipinski definition) is 2. The van der Waals surface area contributed by atoms with E-state index < -0.39 is 11.7 Å². The zero-order valence-electron chi connectivity index (χ0n) is 17.2. The van der Waals surface area contributed by atoms with Crippen molar-refractivity contribution in [1.82, 2.24) is 4.98 Å². The third kappa shape index (κ3) is 3.99. The van der Waals surface area contributed by atoms with Crippen molar-refractivity contribution in [2.24, 2.45) is 4.99 Å². The lowest BCUT2D eigenvalue weighted by Crippen LogP contribution is -2.04. The van der Waals surface area contributed by atoms with Crippen LogP contribution in [-0.4, -0.2) is 30.0 Å². The third-order valence-corrected chi connectivity index (χ3v) is 5.00. The number of benzene rings is 3. The summed E-state index contributed by atoms with van der Waals surface area (Å²) < 4.78 is 49.5. The topological polar surface area (TPSA) is 66.8 Å². The predicted octanol–water partition coefficient (Wildman–Crippen LogP) is 6.08. The van der Waals surface area contributed by atoms with Gasteiger partial charge in [0.15, 0.2) is 17.4 Å². The molecule has 4 aromatic rings. The minimum absolute atomic E-state index is 0.134. The predicted molar refractivity (Wildman–Crippen MR) is 116 cm³/mol. The molecule has 0 saturated carbocycles. The summed E-state index contributed by atoms with van der Waals surface area (Å²) in [6.07, 6.45) is -4.44. The van der Waals surface area contributed by atoms with E-state index in [1.54, 1.807) is 12.1 Å². The molecule has 5 nitrogen and oxygen atoms in total. The van der Waals surface area contributed by atoms with E-state index in [1.165, 1.54) is 26.4 Å². The standard InChI is InChI=1S/C24H19F3N2O3/c1-31-19-12-17-18(13-20(19)32-2)29-23(30)21(17)22(14-6-4-3-5-7-14)28-16-10-8-15(9-11-16)24(25,26)27/h3-13,29-30H,1-2H3. The van der Waals surface area contributed by atoms with Gasteiger partial charge in [0.05, 0.1) is 42.3 Å². The first-order valence-electron chi connectivity index (χ1n) is 9.60. The van der Waals surface area contributed by atoms with Crippen molar-refractivity contribution in [1.29, 1.82) is 0 Å². The molecule has 32 heavy (non-hydrogen) atoms. The number of alkyl halides is 3. The summed E-state index contributed by atoms with van der Waals surface area (Å²) >= 11 is 0. The van der Waals surface area contributed by atoms with Crippen LogP contribution in [0, 0.1) is 0 Å². The average Bonchev–Trinajstić information content (AvgIpc) is 3.11. The van der Waals surface area contributed by atoms with Gasteiger partial charge in [-0.2, -0.15) is 13.2 Å². The van der Waals surface area contributed by atoms with Gasteiger partial charge in [-0.05, 0) is 30.3 Å². The number of nitrogens with one attached hydrogen (secondary N) is 1. The Kier molecular flexibility index (Phi) is 5.52. The molecule has 0 aliphatic rings. The highest BCUT2D eigenvalue weighted by atomic mass is 19.4. The molecule has 0 spiro atoms. The fraction of sp³-hybridized carbons (Fsp3) is 0.125. The number of fused-ring (bicyclic) bond motifs is 1. The van der Waals surface area contributed by atoms with Crippen LogP contribution in [0.5, 0.6) is 17.4 Å². The zero-order valence-corrected chi connectivity index (χ0v) is 17.2. The van der Waals surface area contributed by atoms with Crippen LogP contribution in [0.1, 0.15) is 16.7 Å². The fourth-order valence-corrected chi connectivity index (χ4v) is 3.46. The first-order valence-corrected chi connectivity index (χ1v) is 9.60. The lowest BCUT2D eigenvalue weighted by atomic mass is 10.0. The van der Waals surface area contributed by atoms with Crippen LogP contribution >= 0.6 is 0 Å². The summed E-state index contributed by atoms with van der Waals surface area (Å²) in [6, 6.07) is 17.0. The van der Waals surface area contributed by atoms with Crippen molar-refractivity contribution < 1.29 is 27.8 Å². The van der Waals surface area contributed by atoms with E-state index in [2.05, 4.69) is 9.98 Å². The third-order valence-electron chi connectivity index (χ3n) is 5.00. The van der Waals surface area contributed by atoms with Crippen molar-refractivity contribution >= 4 is 22.3 Å². The Bertz CT molecular complexity index is 1280. The Morgan fingerprint density at radius 1 is 0.906 bits per heavy atom. The summed E-state index contributed by atoms with van der Waals surface area (Å²) in [5.74, 6) is 0.806. The molecule has 1 aromatic heterocycles. The van der Waals surface area contributed by atoms with Gasteiger partial charge >= 0.3 is 6.18 Å². The monoisotopic (exact) mass is 440 g/mol. The SMILES string of the molecule is COc1cc2[nH]c(O)c(C(=Nc3ccc(C(F)(F)F)cc3)c3ccccc3)c2cc1OC. The maximum atomic E-state index is 12.9. The lowest BCUT2D eigenvalue weighted by Gasteiger charge is -2.10. The smallest absolute Gasteiger partial charge is 0.416 e. The lowest BCUT2D eigenvalue weighted by molar-refractivity contribution is -0.137. The van der Waals surface area contributed by atoms with Crippen molar-refractivity contribution in [3.05, 3.63) is 83.4 Å². The second-order valence-corrected chi connectivity index (χ2v) is 6.97.